The standard InChI is InChI=1S/C14H11NO/c15-5-6-1-3-7(4-2-6)16-14-12-8-9(12)11-10(8)13(11)14/h1-4,8-14H. The van der Waals surface area contributed by atoms with E-state index in [1.165, 1.54) is 0 Å². The van der Waals surface area contributed by atoms with Crippen LogP contribution in [0.4, 0.5) is 0 Å². The summed E-state index contributed by atoms with van der Waals surface area (Å²) in [5, 5.41) is 8.72. The summed E-state index contributed by atoms with van der Waals surface area (Å²) in [5.74, 6) is 6.96. The Hall–Kier alpha value is -1.49. The van der Waals surface area contributed by atoms with Gasteiger partial charge in [-0.25, -0.2) is 0 Å². The Balaban J connectivity index is 1.40. The molecule has 0 saturated heterocycles. The summed E-state index contributed by atoms with van der Waals surface area (Å²) in [6, 6.07) is 9.67. The molecule has 2 nitrogen and oxygen atoms in total. The Morgan fingerprint density at radius 3 is 1.94 bits per heavy atom. The Labute approximate surface area is 93.8 Å². The Bertz CT molecular complexity index is 485. The molecule has 0 N–H and O–H groups in total. The van der Waals surface area contributed by atoms with E-state index in [-0.39, 0.29) is 0 Å². The highest BCUT2D eigenvalue weighted by atomic mass is 16.5. The van der Waals surface area contributed by atoms with Gasteiger partial charge in [-0.3, -0.25) is 0 Å². The third kappa shape index (κ3) is 0.650. The van der Waals surface area contributed by atoms with Crippen molar-refractivity contribution in [2.45, 2.75) is 6.10 Å². The lowest BCUT2D eigenvalue weighted by atomic mass is 10.0. The van der Waals surface area contributed by atoms with E-state index in [1.807, 2.05) is 24.3 Å². The molecule has 0 aromatic heterocycles. The van der Waals surface area contributed by atoms with E-state index >= 15 is 0 Å². The van der Waals surface area contributed by atoms with Crippen LogP contribution in [0, 0.1) is 46.8 Å². The number of nitrogens with zero attached hydrogens (tertiary/aromatic N) is 1. The molecule has 6 rings (SSSR count). The van der Waals surface area contributed by atoms with Crippen molar-refractivity contribution in [1.29, 1.82) is 5.26 Å². The molecule has 1 aromatic carbocycles. The van der Waals surface area contributed by atoms with Gasteiger partial charge in [-0.2, -0.15) is 5.26 Å². The van der Waals surface area contributed by atoms with Gasteiger partial charge in [0.15, 0.2) is 0 Å². The minimum atomic E-state index is 0.512. The first kappa shape index (κ1) is 7.73. The van der Waals surface area contributed by atoms with Crippen molar-refractivity contribution >= 4 is 0 Å². The predicted molar refractivity (Wildman–Crippen MR) is 56.5 cm³/mol. The van der Waals surface area contributed by atoms with Gasteiger partial charge in [0, 0.05) is 11.8 Å². The monoisotopic (exact) mass is 209 g/mol. The van der Waals surface area contributed by atoms with Crippen LogP contribution in [0.25, 0.3) is 0 Å². The number of rotatable bonds is 2. The van der Waals surface area contributed by atoms with Crippen LogP contribution in [0.1, 0.15) is 5.56 Å². The van der Waals surface area contributed by atoms with E-state index in [4.69, 9.17) is 10.00 Å². The fourth-order valence-electron chi connectivity index (χ4n) is 4.73. The number of benzene rings is 1. The average Bonchev–Trinajstić information content (AvgIpc) is 3.04. The van der Waals surface area contributed by atoms with Gasteiger partial charge in [-0.05, 0) is 47.9 Å². The molecule has 5 aliphatic carbocycles. The lowest BCUT2D eigenvalue weighted by Crippen LogP contribution is -2.17. The van der Waals surface area contributed by atoms with Crippen molar-refractivity contribution in [2.75, 3.05) is 0 Å². The Morgan fingerprint density at radius 1 is 0.875 bits per heavy atom. The molecule has 1 aromatic rings. The second-order valence-corrected chi connectivity index (χ2v) is 5.68. The number of ether oxygens (including phenoxy) is 1. The quantitative estimate of drug-likeness (QED) is 0.747. The Kier molecular flexibility index (Phi) is 1.03. The molecule has 0 atom stereocenters. The topological polar surface area (TPSA) is 33.0 Å². The average molecular weight is 209 g/mol. The molecule has 0 amide bonds. The van der Waals surface area contributed by atoms with Crippen LogP contribution in [0.2, 0.25) is 0 Å². The van der Waals surface area contributed by atoms with E-state index in [1.54, 1.807) is 0 Å². The third-order valence-electron chi connectivity index (χ3n) is 5.29. The van der Waals surface area contributed by atoms with Crippen molar-refractivity contribution in [3.8, 4) is 11.8 Å². The first-order valence-electron chi connectivity index (χ1n) is 6.07. The number of hydrogen-bond acceptors (Lipinski definition) is 2. The van der Waals surface area contributed by atoms with E-state index in [9.17, 15) is 0 Å². The lowest BCUT2D eigenvalue weighted by molar-refractivity contribution is 0.177. The van der Waals surface area contributed by atoms with Gasteiger partial charge in [-0.15, -0.1) is 0 Å². The normalized spacial score (nSPS) is 52.3. The van der Waals surface area contributed by atoms with Gasteiger partial charge in [0.25, 0.3) is 0 Å². The highest BCUT2D eigenvalue weighted by molar-refractivity contribution is 5.41. The van der Waals surface area contributed by atoms with Crippen LogP contribution in [0.5, 0.6) is 5.75 Å². The van der Waals surface area contributed by atoms with Gasteiger partial charge in [0.2, 0.25) is 0 Å². The fourth-order valence-corrected chi connectivity index (χ4v) is 4.73. The first-order chi connectivity index (χ1) is 7.90. The maximum absolute atomic E-state index is 8.72. The number of hydrogen-bond donors (Lipinski definition) is 0. The summed E-state index contributed by atoms with van der Waals surface area (Å²) in [5.41, 5.74) is 0.706. The van der Waals surface area contributed by atoms with Crippen LogP contribution in [0.3, 0.4) is 0 Å². The summed E-state index contributed by atoms with van der Waals surface area (Å²) < 4.78 is 6.09. The minimum absolute atomic E-state index is 0.512. The minimum Gasteiger partial charge on any atom is -0.490 e. The second-order valence-electron chi connectivity index (χ2n) is 5.68. The van der Waals surface area contributed by atoms with Gasteiger partial charge in [0.05, 0.1) is 11.6 Å². The SMILES string of the molecule is N#Cc1ccc(OC2C3C4C3C3C2C43)cc1. The van der Waals surface area contributed by atoms with E-state index in [0.29, 0.717) is 11.7 Å². The maximum atomic E-state index is 8.72. The Morgan fingerprint density at radius 2 is 1.44 bits per heavy atom. The third-order valence-corrected chi connectivity index (χ3v) is 5.29. The summed E-state index contributed by atoms with van der Waals surface area (Å²) in [7, 11) is 0. The van der Waals surface area contributed by atoms with Crippen LogP contribution in [-0.4, -0.2) is 6.10 Å². The molecule has 0 radical (unpaired) electrons. The molecule has 2 heteroatoms. The number of nitriles is 1. The molecule has 0 spiro atoms. The van der Waals surface area contributed by atoms with Crippen molar-refractivity contribution in [2.24, 2.45) is 35.5 Å². The molecule has 2 bridgehead atoms. The fraction of sp³-hybridized carbons (Fsp3) is 0.500. The molecule has 16 heavy (non-hydrogen) atoms. The molecule has 5 aliphatic rings. The second kappa shape index (κ2) is 2.13. The molecule has 0 aliphatic heterocycles. The highest BCUT2D eigenvalue weighted by Crippen LogP contribution is 2.92. The summed E-state index contributed by atoms with van der Waals surface area (Å²) in [4.78, 5) is 0. The van der Waals surface area contributed by atoms with Crippen molar-refractivity contribution < 1.29 is 4.74 Å². The van der Waals surface area contributed by atoms with Gasteiger partial charge in [0.1, 0.15) is 11.9 Å². The molecule has 0 unspecified atom stereocenters. The molecular weight excluding hydrogens is 198 g/mol. The van der Waals surface area contributed by atoms with Crippen LogP contribution in [0.15, 0.2) is 24.3 Å². The molecule has 5 fully saturated rings. The summed E-state index contributed by atoms with van der Waals surface area (Å²) in [6.07, 6.45) is 0.512. The zero-order chi connectivity index (χ0) is 10.4. The van der Waals surface area contributed by atoms with Crippen LogP contribution < -0.4 is 4.74 Å². The molecule has 0 heterocycles. The molecular formula is C14H11NO. The van der Waals surface area contributed by atoms with E-state index in [2.05, 4.69) is 6.07 Å². The smallest absolute Gasteiger partial charge is 0.119 e. The van der Waals surface area contributed by atoms with Gasteiger partial charge < -0.3 is 4.74 Å². The molecule has 78 valence electrons. The van der Waals surface area contributed by atoms with Crippen LogP contribution >= 0.6 is 0 Å². The summed E-state index contributed by atoms with van der Waals surface area (Å²) in [6.45, 7) is 0. The van der Waals surface area contributed by atoms with Crippen molar-refractivity contribution in [1.82, 2.24) is 0 Å². The maximum Gasteiger partial charge on any atom is 0.119 e. The molecule has 5 saturated carbocycles. The summed E-state index contributed by atoms with van der Waals surface area (Å²) >= 11 is 0. The zero-order valence-corrected chi connectivity index (χ0v) is 8.71. The van der Waals surface area contributed by atoms with Crippen molar-refractivity contribution in [3.63, 3.8) is 0 Å². The van der Waals surface area contributed by atoms with Gasteiger partial charge in [-0.1, -0.05) is 0 Å². The van der Waals surface area contributed by atoms with Crippen LogP contribution in [-0.2, 0) is 0 Å². The highest BCUT2D eigenvalue weighted by Gasteiger charge is 2.92. The van der Waals surface area contributed by atoms with E-state index < -0.39 is 0 Å². The largest absolute Gasteiger partial charge is 0.490 e. The van der Waals surface area contributed by atoms with E-state index in [0.717, 1.165) is 41.3 Å². The zero-order valence-electron chi connectivity index (χ0n) is 8.71. The lowest BCUT2D eigenvalue weighted by Gasteiger charge is -2.14. The van der Waals surface area contributed by atoms with Gasteiger partial charge >= 0.3 is 0 Å². The van der Waals surface area contributed by atoms with Crippen molar-refractivity contribution in [3.05, 3.63) is 29.8 Å². The predicted octanol–water partition coefficient (Wildman–Crippen LogP) is 2.06. The first-order valence-corrected chi connectivity index (χ1v) is 6.07.